The third-order valence-corrected chi connectivity index (χ3v) is 3.23. The minimum Gasteiger partial charge on any atom is -0.587 e. The molecule has 0 bridgehead atoms. The Balaban J connectivity index is 2.11. The zero-order valence-corrected chi connectivity index (χ0v) is 10.2. The van der Waals surface area contributed by atoms with Gasteiger partial charge in [0.1, 0.15) is 17.2 Å². The van der Waals surface area contributed by atoms with Crippen molar-refractivity contribution in [3.8, 4) is 0 Å². The van der Waals surface area contributed by atoms with Crippen LogP contribution in [0.3, 0.4) is 0 Å². The highest BCUT2D eigenvalue weighted by atomic mass is 32.2. The molecule has 3 N–H and O–H groups in total. The summed E-state index contributed by atoms with van der Waals surface area (Å²) in [6, 6.07) is 12.7. The first-order valence-corrected chi connectivity index (χ1v) is 6.28. The van der Waals surface area contributed by atoms with Crippen molar-refractivity contribution in [3.05, 3.63) is 48.0 Å². The molecular formula is C12H13N3OS. The molecule has 0 aliphatic rings. The van der Waals surface area contributed by atoms with Crippen molar-refractivity contribution in [1.29, 1.82) is 0 Å². The smallest absolute Gasteiger partial charge is 0.273 e. The molecule has 0 fully saturated rings. The third-order valence-electron chi connectivity index (χ3n) is 2.20. The summed E-state index contributed by atoms with van der Waals surface area (Å²) in [5, 5.41) is 0.422. The van der Waals surface area contributed by atoms with Gasteiger partial charge in [0.05, 0.1) is 5.69 Å². The molecular weight excluding hydrogens is 234 g/mol. The maximum absolute atomic E-state index is 11.9. The Bertz CT molecular complexity index is 501. The van der Waals surface area contributed by atoms with Crippen molar-refractivity contribution in [2.24, 2.45) is 0 Å². The standard InChI is InChI=1S/C12H13N3OS/c1-9-5-7-10(8-6-9)15-17(16)12-4-2-3-11(13)14-12/h2-8,15H,1H3,(H2,13,14). The van der Waals surface area contributed by atoms with Crippen LogP contribution < -0.4 is 10.5 Å². The lowest BCUT2D eigenvalue weighted by Crippen LogP contribution is -2.15. The minimum absolute atomic E-state index is 0.363. The maximum atomic E-state index is 11.9. The fourth-order valence-corrected chi connectivity index (χ4v) is 2.16. The fraction of sp³-hybridized carbons (Fsp3) is 0.0833. The number of nitrogens with two attached hydrogens (primary N) is 1. The summed E-state index contributed by atoms with van der Waals surface area (Å²) >= 11 is -1.39. The van der Waals surface area contributed by atoms with Gasteiger partial charge in [0.25, 0.3) is 5.03 Å². The first kappa shape index (κ1) is 11.8. The van der Waals surface area contributed by atoms with E-state index < -0.39 is 11.4 Å². The molecule has 88 valence electrons. The molecule has 0 aliphatic carbocycles. The maximum Gasteiger partial charge on any atom is 0.273 e. The van der Waals surface area contributed by atoms with E-state index in [0.717, 1.165) is 11.3 Å². The van der Waals surface area contributed by atoms with Crippen LogP contribution in [0.15, 0.2) is 47.5 Å². The zero-order chi connectivity index (χ0) is 12.3. The van der Waals surface area contributed by atoms with Crippen LogP contribution in [0, 0.1) is 6.92 Å². The van der Waals surface area contributed by atoms with E-state index in [0.29, 0.717) is 10.8 Å². The first-order chi connectivity index (χ1) is 8.15. The molecule has 2 rings (SSSR count). The van der Waals surface area contributed by atoms with Crippen LogP contribution >= 0.6 is 0 Å². The van der Waals surface area contributed by atoms with Crippen molar-refractivity contribution in [1.82, 2.24) is 4.98 Å². The normalized spacial score (nSPS) is 12.1. The van der Waals surface area contributed by atoms with Crippen LogP contribution in [0.5, 0.6) is 0 Å². The number of nitrogens with one attached hydrogen (secondary N) is 1. The van der Waals surface area contributed by atoms with E-state index in [9.17, 15) is 4.55 Å². The lowest BCUT2D eigenvalue weighted by Gasteiger charge is -2.10. The Labute approximate surface area is 103 Å². The third kappa shape index (κ3) is 3.12. The SMILES string of the molecule is Cc1ccc(N[S+]([O-])c2cccc(N)n2)cc1. The second-order valence-electron chi connectivity index (χ2n) is 3.64. The van der Waals surface area contributed by atoms with Crippen molar-refractivity contribution in [3.63, 3.8) is 0 Å². The molecule has 0 radical (unpaired) electrons. The number of hydrogen-bond donors (Lipinski definition) is 2. The van der Waals surface area contributed by atoms with Crippen LogP contribution in [-0.2, 0) is 11.4 Å². The summed E-state index contributed by atoms with van der Waals surface area (Å²) in [4.78, 5) is 4.00. The highest BCUT2D eigenvalue weighted by molar-refractivity contribution is 7.92. The Morgan fingerprint density at radius 3 is 2.53 bits per heavy atom. The highest BCUT2D eigenvalue weighted by Crippen LogP contribution is 2.15. The number of nitrogen functional groups attached to an aromatic ring is 1. The Morgan fingerprint density at radius 2 is 1.88 bits per heavy atom. The van der Waals surface area contributed by atoms with Crippen LogP contribution in [0.4, 0.5) is 11.5 Å². The lowest BCUT2D eigenvalue weighted by atomic mass is 10.2. The van der Waals surface area contributed by atoms with Gasteiger partial charge in [-0.1, -0.05) is 23.8 Å². The number of aryl methyl sites for hydroxylation is 1. The molecule has 5 heteroatoms. The molecule has 2 aromatic rings. The van der Waals surface area contributed by atoms with E-state index in [4.69, 9.17) is 5.73 Å². The molecule has 0 amide bonds. The summed E-state index contributed by atoms with van der Waals surface area (Å²) < 4.78 is 14.8. The molecule has 1 atom stereocenters. The van der Waals surface area contributed by atoms with Crippen LogP contribution in [0.25, 0.3) is 0 Å². The molecule has 0 saturated carbocycles. The van der Waals surface area contributed by atoms with Gasteiger partial charge in [-0.2, -0.15) is 4.98 Å². The summed E-state index contributed by atoms with van der Waals surface area (Å²) in [6.07, 6.45) is 0. The first-order valence-electron chi connectivity index (χ1n) is 5.13. The molecule has 0 aliphatic heterocycles. The lowest BCUT2D eigenvalue weighted by molar-refractivity contribution is 0.597. The summed E-state index contributed by atoms with van der Waals surface area (Å²) in [6.45, 7) is 2.00. The van der Waals surface area contributed by atoms with E-state index in [2.05, 4.69) is 9.71 Å². The molecule has 0 spiro atoms. The number of nitrogens with zero attached hydrogens (tertiary/aromatic N) is 1. The van der Waals surface area contributed by atoms with E-state index in [1.807, 2.05) is 31.2 Å². The Hall–Kier alpha value is -1.72. The number of aromatic nitrogens is 1. The number of rotatable bonds is 3. The van der Waals surface area contributed by atoms with E-state index in [1.54, 1.807) is 18.2 Å². The average molecular weight is 247 g/mol. The molecule has 17 heavy (non-hydrogen) atoms. The second kappa shape index (κ2) is 5.07. The van der Waals surface area contributed by atoms with E-state index in [1.165, 1.54) is 0 Å². The van der Waals surface area contributed by atoms with Gasteiger partial charge in [-0.05, 0) is 25.1 Å². The molecule has 1 unspecified atom stereocenters. The Kier molecular flexibility index (Phi) is 3.51. The van der Waals surface area contributed by atoms with Gasteiger partial charge in [0, 0.05) is 6.07 Å². The van der Waals surface area contributed by atoms with Gasteiger partial charge in [-0.15, -0.1) is 0 Å². The van der Waals surface area contributed by atoms with Gasteiger partial charge >= 0.3 is 0 Å². The molecule has 4 nitrogen and oxygen atoms in total. The largest absolute Gasteiger partial charge is 0.587 e. The minimum atomic E-state index is -1.39. The van der Waals surface area contributed by atoms with Gasteiger partial charge in [0.2, 0.25) is 0 Å². The van der Waals surface area contributed by atoms with Crippen molar-refractivity contribution >= 4 is 22.9 Å². The summed E-state index contributed by atoms with van der Waals surface area (Å²) in [7, 11) is 0. The van der Waals surface area contributed by atoms with Gasteiger partial charge in [0.15, 0.2) is 0 Å². The molecule has 1 heterocycles. The van der Waals surface area contributed by atoms with E-state index in [-0.39, 0.29) is 0 Å². The number of pyridine rings is 1. The van der Waals surface area contributed by atoms with Crippen molar-refractivity contribution < 1.29 is 4.55 Å². The summed E-state index contributed by atoms with van der Waals surface area (Å²) in [5.41, 5.74) is 7.48. The van der Waals surface area contributed by atoms with Gasteiger partial charge in [-0.3, -0.25) is 0 Å². The van der Waals surface area contributed by atoms with Gasteiger partial charge in [-0.25, -0.2) is 4.72 Å². The molecule has 1 aromatic carbocycles. The summed E-state index contributed by atoms with van der Waals surface area (Å²) in [5.74, 6) is 0.363. The molecule has 0 saturated heterocycles. The van der Waals surface area contributed by atoms with Crippen LogP contribution in [0.2, 0.25) is 0 Å². The quantitative estimate of drug-likeness (QED) is 0.815. The van der Waals surface area contributed by atoms with Crippen molar-refractivity contribution in [2.75, 3.05) is 10.5 Å². The predicted octanol–water partition coefficient (Wildman–Crippen LogP) is 2.11. The van der Waals surface area contributed by atoms with Crippen LogP contribution in [-0.4, -0.2) is 9.54 Å². The predicted molar refractivity (Wildman–Crippen MR) is 69.9 cm³/mol. The highest BCUT2D eigenvalue weighted by Gasteiger charge is 2.13. The van der Waals surface area contributed by atoms with Crippen molar-refractivity contribution in [2.45, 2.75) is 11.9 Å². The number of hydrogen-bond acceptors (Lipinski definition) is 4. The number of benzene rings is 1. The average Bonchev–Trinajstić information content (AvgIpc) is 2.32. The van der Waals surface area contributed by atoms with Crippen LogP contribution in [0.1, 0.15) is 5.56 Å². The number of anilines is 2. The van der Waals surface area contributed by atoms with E-state index >= 15 is 0 Å². The Morgan fingerprint density at radius 1 is 1.18 bits per heavy atom. The fourth-order valence-electron chi connectivity index (χ4n) is 1.31. The topological polar surface area (TPSA) is 74.0 Å². The zero-order valence-electron chi connectivity index (χ0n) is 9.38. The monoisotopic (exact) mass is 247 g/mol. The molecule has 1 aromatic heterocycles. The van der Waals surface area contributed by atoms with Gasteiger partial charge < -0.3 is 10.3 Å². The second-order valence-corrected chi connectivity index (χ2v) is 4.80.